The molecule has 0 fully saturated rings. The molecule has 5 rings (SSSR count). The number of rotatable bonds is 22. The number of carbonyl (C=O) groups excluding carboxylic acids is 4. The van der Waals surface area contributed by atoms with Crippen LogP contribution in [-0.4, -0.2) is 81.6 Å². The number of aromatic carboxylic acids is 1. The Morgan fingerprint density at radius 1 is 0.791 bits per heavy atom. The fourth-order valence-electron chi connectivity index (χ4n) is 6.94. The maximum atomic E-state index is 13.3. The molecule has 67 heavy (non-hydrogen) atoms. The number of unbranched alkanes of at least 4 members (excludes halogenated alkanes) is 1. The molecule has 3 aromatic rings. The van der Waals surface area contributed by atoms with Gasteiger partial charge in [0.15, 0.2) is 10.5 Å². The van der Waals surface area contributed by atoms with Crippen LogP contribution in [0.3, 0.4) is 0 Å². The fourth-order valence-corrected chi connectivity index (χ4v) is 8.89. The molecule has 0 aromatic heterocycles. The number of carboxylic acids is 3. The molecule has 3 aromatic carbocycles. The minimum atomic E-state index is -4.49. The molecule has 0 radical (unpaired) electrons. The van der Waals surface area contributed by atoms with Gasteiger partial charge in [-0.3, -0.25) is 14.4 Å². The van der Waals surface area contributed by atoms with Crippen molar-refractivity contribution in [2.75, 3.05) is 30.7 Å². The molecule has 2 amide bonds. The third kappa shape index (κ3) is 18.2. The molecule has 18 nitrogen and oxygen atoms in total. The van der Waals surface area contributed by atoms with E-state index in [2.05, 4.69) is 21.3 Å². The van der Waals surface area contributed by atoms with Crippen LogP contribution < -0.4 is 130 Å². The monoisotopic (exact) mass is 984 g/mol. The molecule has 1 heterocycles. The topological polar surface area (TPSA) is 311 Å². The number of thiocarbonyl (C=S) groups is 1. The molecule has 3 unspecified atom stereocenters. The summed E-state index contributed by atoms with van der Waals surface area (Å²) in [4.78, 5) is 85.8. The SMILES string of the molecule is O=C([O-])CCC(CP(=O)([O-])CCC(=O)NC(CCCCNC(=S)Nc1ccc(-c2c3ccc(=O)cc-3oc3cc(O)ccc23)c(C(=O)O)c1)C(=O)NCCc1ccc(O)cc1)C(=O)[O-].[Na+].[Na+].[Na+]. The molecule has 338 valence electrons. The molecule has 0 spiro atoms. The maximum absolute atomic E-state index is 13.3. The van der Waals surface area contributed by atoms with Crippen molar-refractivity contribution in [1.29, 1.82) is 0 Å². The average molecular weight is 985 g/mol. The Hall–Kier alpha value is -3.82. The minimum absolute atomic E-state index is 0. The van der Waals surface area contributed by atoms with Crippen molar-refractivity contribution in [1.82, 2.24) is 16.0 Å². The van der Waals surface area contributed by atoms with Gasteiger partial charge in [-0.2, -0.15) is 0 Å². The molecule has 1 aliphatic heterocycles. The number of hydrogen-bond acceptors (Lipinski definition) is 14. The van der Waals surface area contributed by atoms with Crippen LogP contribution in [0.1, 0.15) is 54.4 Å². The van der Waals surface area contributed by atoms with Crippen LogP contribution in [-0.2, 0) is 30.2 Å². The first-order valence-corrected chi connectivity index (χ1v) is 22.5. The molecule has 3 atom stereocenters. The standard InChI is InChI=1S/C44H47N4O14PS.3Na/c49-28-8-4-25(5-9-28)16-19-45-41(55)35(48-38(52)17-20-63(60,61)24-26(42(56)57)6-15-39(53)54)3-1-2-18-46-44(64)47-27-7-12-31(34(21-27)43(58)59)40-32-13-10-29(50)22-36(32)62-37-23-30(51)11-14-33(37)40;;;/h4-5,7-14,21-23,26,35,49-50H,1-3,6,15-20,24H2,(H,45,55)(H,48,52)(H,53,54)(H,56,57)(H,58,59)(H,60,61)(H2,46,47,64);;;/q;3*+1/p-3. The maximum Gasteiger partial charge on any atom is 1.00 e. The molecule has 1 aliphatic carbocycles. The zero-order valence-electron chi connectivity index (χ0n) is 37.1. The van der Waals surface area contributed by atoms with Crippen LogP contribution >= 0.6 is 19.6 Å². The molecule has 0 bridgehead atoms. The summed E-state index contributed by atoms with van der Waals surface area (Å²) in [6, 6.07) is 18.4. The number of carbonyl (C=O) groups is 5. The number of benzene rings is 4. The number of phenolic OH excluding ortho intramolecular Hbond substituents is 2. The number of fused-ring (bicyclic) bond motifs is 2. The number of anilines is 1. The van der Waals surface area contributed by atoms with Crippen LogP contribution in [0.15, 0.2) is 88.1 Å². The van der Waals surface area contributed by atoms with E-state index in [4.69, 9.17) is 16.6 Å². The van der Waals surface area contributed by atoms with Gasteiger partial charge in [0, 0.05) is 79.1 Å². The zero-order chi connectivity index (χ0) is 46.6. The Kier molecular flexibility index (Phi) is 24.8. The number of phenols is 2. The van der Waals surface area contributed by atoms with E-state index in [0.717, 1.165) is 5.56 Å². The molecule has 0 saturated carbocycles. The summed E-state index contributed by atoms with van der Waals surface area (Å²) in [5.74, 6) is -7.29. The largest absolute Gasteiger partial charge is 1.00 e. The number of hydrogen-bond donors (Lipinski definition) is 7. The Balaban J connectivity index is 0.00000514. The summed E-state index contributed by atoms with van der Waals surface area (Å²) in [5, 5.41) is 64.0. The first-order valence-electron chi connectivity index (χ1n) is 20.1. The second-order valence-electron chi connectivity index (χ2n) is 15.0. The Morgan fingerprint density at radius 2 is 1.48 bits per heavy atom. The molecular formula is C44H44N4Na3O14PS. The summed E-state index contributed by atoms with van der Waals surface area (Å²) >= 11 is 5.46. The van der Waals surface area contributed by atoms with E-state index in [-0.39, 0.29) is 147 Å². The molecule has 0 saturated heterocycles. The average Bonchev–Trinajstić information content (AvgIpc) is 3.23. The summed E-state index contributed by atoms with van der Waals surface area (Å²) in [5.41, 5.74) is 2.25. The van der Waals surface area contributed by atoms with E-state index in [9.17, 15) is 63.8 Å². The van der Waals surface area contributed by atoms with E-state index in [1.54, 1.807) is 36.4 Å². The van der Waals surface area contributed by atoms with Crippen molar-refractivity contribution >= 4 is 71.1 Å². The quantitative estimate of drug-likeness (QED) is 0.0111. The van der Waals surface area contributed by atoms with Crippen molar-refractivity contribution in [2.45, 2.75) is 51.0 Å². The second kappa shape index (κ2) is 28.0. The van der Waals surface area contributed by atoms with Gasteiger partial charge in [0.1, 0.15) is 28.9 Å². The number of aliphatic carboxylic acids is 2. The van der Waals surface area contributed by atoms with E-state index in [1.165, 1.54) is 42.5 Å². The van der Waals surface area contributed by atoms with Gasteiger partial charge >= 0.3 is 94.6 Å². The third-order valence-electron chi connectivity index (χ3n) is 10.2. The van der Waals surface area contributed by atoms with Gasteiger partial charge in [-0.25, -0.2) is 4.79 Å². The normalized spacial score (nSPS) is 12.4. The van der Waals surface area contributed by atoms with Gasteiger partial charge in [0.05, 0.1) is 5.56 Å². The third-order valence-corrected chi connectivity index (χ3v) is 12.3. The molecule has 2 aliphatic rings. The van der Waals surface area contributed by atoms with Crippen LogP contribution in [0.4, 0.5) is 5.69 Å². The second-order valence-corrected chi connectivity index (χ2v) is 17.8. The van der Waals surface area contributed by atoms with Gasteiger partial charge in [0.25, 0.3) is 0 Å². The van der Waals surface area contributed by atoms with Crippen LogP contribution in [0, 0.1) is 5.92 Å². The fraction of sp³-hybridized carbons (Fsp3) is 0.295. The van der Waals surface area contributed by atoms with E-state index in [1.807, 2.05) is 0 Å². The van der Waals surface area contributed by atoms with E-state index >= 15 is 0 Å². The van der Waals surface area contributed by atoms with Gasteiger partial charge in [0.2, 0.25) is 11.8 Å². The van der Waals surface area contributed by atoms with Gasteiger partial charge in [-0.05, 0) is 123 Å². The smallest absolute Gasteiger partial charge is 0.799 e. The Labute approximate surface area is 456 Å². The van der Waals surface area contributed by atoms with Crippen molar-refractivity contribution in [3.8, 4) is 33.9 Å². The van der Waals surface area contributed by atoms with Crippen molar-refractivity contribution in [2.24, 2.45) is 5.92 Å². The van der Waals surface area contributed by atoms with Gasteiger partial charge < -0.3 is 70.3 Å². The molecular weight excluding hydrogens is 941 g/mol. The number of nitrogens with one attached hydrogen (secondary N) is 4. The minimum Gasteiger partial charge on any atom is -0.799 e. The Bertz CT molecular complexity index is 2640. The number of amides is 2. The van der Waals surface area contributed by atoms with Crippen LogP contribution in [0.5, 0.6) is 11.5 Å². The molecule has 7 N–H and O–H groups in total. The predicted octanol–water partition coefficient (Wildman–Crippen LogP) is -7.09. The van der Waals surface area contributed by atoms with Crippen LogP contribution in [0.2, 0.25) is 0 Å². The molecule has 23 heteroatoms. The Morgan fingerprint density at radius 3 is 2.15 bits per heavy atom. The van der Waals surface area contributed by atoms with Crippen molar-refractivity contribution in [3.05, 3.63) is 100 Å². The number of carboxylic acid groups (broad SMARTS) is 3. The van der Waals surface area contributed by atoms with Crippen molar-refractivity contribution < 1.29 is 152 Å². The first kappa shape index (κ1) is 59.3. The van der Waals surface area contributed by atoms with Crippen LogP contribution in [0.25, 0.3) is 33.4 Å². The van der Waals surface area contributed by atoms with E-state index < -0.39 is 80.6 Å². The summed E-state index contributed by atoms with van der Waals surface area (Å²) in [6.07, 6.45) is -2.13. The van der Waals surface area contributed by atoms with E-state index in [0.29, 0.717) is 47.0 Å². The van der Waals surface area contributed by atoms with Crippen molar-refractivity contribution in [3.63, 3.8) is 0 Å². The summed E-state index contributed by atoms with van der Waals surface area (Å²) < 4.78 is 18.6. The zero-order valence-corrected chi connectivity index (χ0v) is 44.8. The number of aromatic hydroxyl groups is 2. The summed E-state index contributed by atoms with van der Waals surface area (Å²) in [7, 11) is -4.49. The van der Waals surface area contributed by atoms with Gasteiger partial charge in [-0.1, -0.05) is 18.2 Å². The first-order chi connectivity index (χ1) is 30.4. The van der Waals surface area contributed by atoms with Gasteiger partial charge in [-0.15, -0.1) is 0 Å². The predicted molar refractivity (Wildman–Crippen MR) is 233 cm³/mol. The summed E-state index contributed by atoms with van der Waals surface area (Å²) in [6.45, 7) is 0.464.